The van der Waals surface area contributed by atoms with Gasteiger partial charge in [-0.3, -0.25) is 4.79 Å². The zero-order valence-electron chi connectivity index (χ0n) is 13.0. The van der Waals surface area contributed by atoms with Crippen molar-refractivity contribution in [1.82, 2.24) is 4.98 Å². The zero-order valence-corrected chi connectivity index (χ0v) is 13.0. The van der Waals surface area contributed by atoms with E-state index in [4.69, 9.17) is 4.42 Å². The fourth-order valence-corrected chi connectivity index (χ4v) is 3.19. The van der Waals surface area contributed by atoms with Crippen LogP contribution in [0.3, 0.4) is 0 Å². The van der Waals surface area contributed by atoms with E-state index in [0.717, 1.165) is 48.6 Å². The van der Waals surface area contributed by atoms with Crippen LogP contribution in [0.2, 0.25) is 0 Å². The number of phenolic OH excluding ortho intramolecular Hbond substituents is 1. The quantitative estimate of drug-likeness (QED) is 0.941. The predicted octanol–water partition coefficient (Wildman–Crippen LogP) is 3.17. The highest BCUT2D eigenvalue weighted by molar-refractivity contribution is 5.95. The van der Waals surface area contributed by atoms with Crippen molar-refractivity contribution in [2.75, 3.05) is 11.4 Å². The highest BCUT2D eigenvalue weighted by Gasteiger charge is 2.29. The summed E-state index contributed by atoms with van der Waals surface area (Å²) in [6, 6.07) is 5.38. The van der Waals surface area contributed by atoms with E-state index in [-0.39, 0.29) is 11.7 Å². The number of aromatic hydroxyl groups is 1. The second kappa shape index (κ2) is 5.72. The van der Waals surface area contributed by atoms with Crippen LogP contribution >= 0.6 is 0 Å². The standard InChI is InChI=1S/C18H20N2O3/c21-16-5-1-4-15-14(16)3-2-10-20(15)17(22)9-8-13-11-19-18(23-13)12-6-7-12/h1,4-5,11-12,21H,2-3,6-10H2. The third-order valence-electron chi connectivity index (χ3n) is 4.61. The van der Waals surface area contributed by atoms with Crippen LogP contribution in [0.5, 0.6) is 5.75 Å². The molecule has 0 spiro atoms. The van der Waals surface area contributed by atoms with Crippen LogP contribution in [0.25, 0.3) is 0 Å². The van der Waals surface area contributed by atoms with Gasteiger partial charge in [-0.2, -0.15) is 0 Å². The van der Waals surface area contributed by atoms with Gasteiger partial charge in [0.2, 0.25) is 5.91 Å². The van der Waals surface area contributed by atoms with Gasteiger partial charge in [-0.25, -0.2) is 4.98 Å². The van der Waals surface area contributed by atoms with Gasteiger partial charge in [0.05, 0.1) is 11.9 Å². The van der Waals surface area contributed by atoms with Gasteiger partial charge in [-0.05, 0) is 37.8 Å². The Labute approximate surface area is 134 Å². The fourth-order valence-electron chi connectivity index (χ4n) is 3.19. The highest BCUT2D eigenvalue weighted by Crippen LogP contribution is 2.39. The SMILES string of the molecule is O=C(CCc1cnc(C2CC2)o1)N1CCCc2c(O)cccc21. The van der Waals surface area contributed by atoms with Crippen molar-refractivity contribution >= 4 is 11.6 Å². The van der Waals surface area contributed by atoms with Crippen LogP contribution in [0, 0.1) is 0 Å². The molecule has 0 atom stereocenters. The molecule has 1 amide bonds. The Hall–Kier alpha value is -2.30. The van der Waals surface area contributed by atoms with E-state index in [9.17, 15) is 9.90 Å². The Bertz CT molecular complexity index is 734. The molecule has 120 valence electrons. The summed E-state index contributed by atoms with van der Waals surface area (Å²) in [7, 11) is 0. The maximum Gasteiger partial charge on any atom is 0.227 e. The van der Waals surface area contributed by atoms with E-state index in [1.54, 1.807) is 23.2 Å². The summed E-state index contributed by atoms with van der Waals surface area (Å²) in [6.45, 7) is 0.707. The number of rotatable bonds is 4. The molecule has 2 heterocycles. The Balaban J connectivity index is 1.44. The molecule has 1 fully saturated rings. The van der Waals surface area contributed by atoms with Gasteiger partial charge in [-0.1, -0.05) is 6.07 Å². The number of oxazole rings is 1. The Morgan fingerprint density at radius 1 is 1.39 bits per heavy atom. The van der Waals surface area contributed by atoms with Crippen LogP contribution < -0.4 is 4.90 Å². The van der Waals surface area contributed by atoms with Gasteiger partial charge in [0.15, 0.2) is 5.89 Å². The maximum absolute atomic E-state index is 12.6. The minimum absolute atomic E-state index is 0.0703. The number of hydrogen-bond donors (Lipinski definition) is 1. The van der Waals surface area contributed by atoms with Crippen LogP contribution in [0.1, 0.15) is 48.8 Å². The predicted molar refractivity (Wildman–Crippen MR) is 85.6 cm³/mol. The monoisotopic (exact) mass is 312 g/mol. The van der Waals surface area contributed by atoms with Crippen molar-refractivity contribution in [3.8, 4) is 5.75 Å². The van der Waals surface area contributed by atoms with Crippen molar-refractivity contribution in [1.29, 1.82) is 0 Å². The lowest BCUT2D eigenvalue weighted by atomic mass is 10.00. The fraction of sp³-hybridized carbons (Fsp3) is 0.444. The Morgan fingerprint density at radius 2 is 2.26 bits per heavy atom. The average Bonchev–Trinajstić information content (AvgIpc) is 3.31. The number of phenols is 1. The molecule has 1 aromatic heterocycles. The molecule has 2 aliphatic rings. The molecule has 1 aliphatic heterocycles. The number of anilines is 1. The van der Waals surface area contributed by atoms with Crippen molar-refractivity contribution in [2.24, 2.45) is 0 Å². The topological polar surface area (TPSA) is 66.6 Å². The van der Waals surface area contributed by atoms with Gasteiger partial charge >= 0.3 is 0 Å². The van der Waals surface area contributed by atoms with Crippen LogP contribution in [-0.2, 0) is 17.6 Å². The van der Waals surface area contributed by atoms with E-state index in [1.807, 2.05) is 6.07 Å². The lowest BCUT2D eigenvalue weighted by Gasteiger charge is -2.29. The third kappa shape index (κ3) is 2.83. The number of nitrogens with zero attached hydrogens (tertiary/aromatic N) is 2. The molecular formula is C18H20N2O3. The third-order valence-corrected chi connectivity index (χ3v) is 4.61. The van der Waals surface area contributed by atoms with Crippen molar-refractivity contribution < 1.29 is 14.3 Å². The molecule has 4 rings (SSSR count). The Morgan fingerprint density at radius 3 is 3.09 bits per heavy atom. The molecule has 0 radical (unpaired) electrons. The number of aryl methyl sites for hydroxylation is 1. The second-order valence-electron chi connectivity index (χ2n) is 6.36. The number of hydrogen-bond acceptors (Lipinski definition) is 4. The zero-order chi connectivity index (χ0) is 15.8. The van der Waals surface area contributed by atoms with E-state index in [0.29, 0.717) is 25.3 Å². The summed E-state index contributed by atoms with van der Waals surface area (Å²) < 4.78 is 5.71. The summed E-state index contributed by atoms with van der Waals surface area (Å²) in [5.41, 5.74) is 1.72. The van der Waals surface area contributed by atoms with E-state index < -0.39 is 0 Å². The normalized spacial score (nSPS) is 17.1. The number of fused-ring (bicyclic) bond motifs is 1. The average molecular weight is 312 g/mol. The second-order valence-corrected chi connectivity index (χ2v) is 6.36. The molecule has 2 aromatic rings. The molecule has 1 N–H and O–H groups in total. The first-order valence-electron chi connectivity index (χ1n) is 8.28. The molecular weight excluding hydrogens is 292 g/mol. The summed E-state index contributed by atoms with van der Waals surface area (Å²) in [5, 5.41) is 9.96. The molecule has 0 bridgehead atoms. The number of carbonyl (C=O) groups excluding carboxylic acids is 1. The summed E-state index contributed by atoms with van der Waals surface area (Å²) in [5.74, 6) is 2.45. The molecule has 23 heavy (non-hydrogen) atoms. The van der Waals surface area contributed by atoms with Crippen molar-refractivity contribution in [3.63, 3.8) is 0 Å². The molecule has 0 saturated heterocycles. The number of carbonyl (C=O) groups is 1. The molecule has 1 saturated carbocycles. The van der Waals surface area contributed by atoms with Crippen LogP contribution in [0.4, 0.5) is 5.69 Å². The molecule has 1 aromatic carbocycles. The minimum atomic E-state index is 0.0703. The largest absolute Gasteiger partial charge is 0.508 e. The number of benzene rings is 1. The highest BCUT2D eigenvalue weighted by atomic mass is 16.4. The molecule has 1 aliphatic carbocycles. The van der Waals surface area contributed by atoms with Gasteiger partial charge in [0.1, 0.15) is 11.5 Å². The summed E-state index contributed by atoms with van der Waals surface area (Å²) in [6.07, 6.45) is 6.73. The van der Waals surface area contributed by atoms with Gasteiger partial charge < -0.3 is 14.4 Å². The number of aromatic nitrogens is 1. The number of amides is 1. The van der Waals surface area contributed by atoms with Crippen molar-refractivity contribution in [3.05, 3.63) is 41.6 Å². The van der Waals surface area contributed by atoms with Crippen LogP contribution in [0.15, 0.2) is 28.8 Å². The summed E-state index contributed by atoms with van der Waals surface area (Å²) >= 11 is 0. The first kappa shape index (κ1) is 14.3. The van der Waals surface area contributed by atoms with Crippen molar-refractivity contribution in [2.45, 2.75) is 44.4 Å². The Kier molecular flexibility index (Phi) is 3.56. The molecule has 5 nitrogen and oxygen atoms in total. The lowest BCUT2D eigenvalue weighted by molar-refractivity contribution is -0.118. The molecule has 5 heteroatoms. The van der Waals surface area contributed by atoms with E-state index in [2.05, 4.69) is 4.98 Å². The van der Waals surface area contributed by atoms with Gasteiger partial charge in [-0.15, -0.1) is 0 Å². The first-order valence-corrected chi connectivity index (χ1v) is 8.28. The summed E-state index contributed by atoms with van der Waals surface area (Å²) in [4.78, 5) is 18.7. The van der Waals surface area contributed by atoms with E-state index >= 15 is 0 Å². The van der Waals surface area contributed by atoms with Gasteiger partial charge in [0.25, 0.3) is 0 Å². The first-order chi connectivity index (χ1) is 11.2. The van der Waals surface area contributed by atoms with E-state index in [1.165, 1.54) is 0 Å². The molecule has 0 unspecified atom stereocenters. The van der Waals surface area contributed by atoms with Crippen LogP contribution in [-0.4, -0.2) is 22.5 Å². The van der Waals surface area contributed by atoms with Gasteiger partial charge in [0, 0.05) is 30.9 Å². The minimum Gasteiger partial charge on any atom is -0.508 e. The smallest absolute Gasteiger partial charge is 0.227 e. The maximum atomic E-state index is 12.6. The lowest BCUT2D eigenvalue weighted by Crippen LogP contribution is -2.35.